The van der Waals surface area contributed by atoms with Gasteiger partial charge in [-0.05, 0) is 19.3 Å². The van der Waals surface area contributed by atoms with Gasteiger partial charge in [-0.25, -0.2) is 4.68 Å². The van der Waals surface area contributed by atoms with Crippen LogP contribution >= 0.6 is 0 Å². The lowest BCUT2D eigenvalue weighted by Gasteiger charge is -2.04. The zero-order valence-corrected chi connectivity index (χ0v) is 7.41. The molecule has 1 heterocycles. The lowest BCUT2D eigenvalue weighted by Crippen LogP contribution is -2.05. The molecule has 1 rings (SSSR count). The van der Waals surface area contributed by atoms with E-state index in [-0.39, 0.29) is 0 Å². The van der Waals surface area contributed by atoms with E-state index < -0.39 is 0 Å². The Morgan fingerprint density at radius 3 is 2.82 bits per heavy atom. The highest BCUT2D eigenvalue weighted by molar-refractivity contribution is 4.94. The molecule has 0 aromatic carbocycles. The Kier molecular flexibility index (Phi) is 2.63. The van der Waals surface area contributed by atoms with Crippen LogP contribution in [-0.2, 0) is 13.0 Å². The highest BCUT2D eigenvalue weighted by Crippen LogP contribution is 2.05. The summed E-state index contributed by atoms with van der Waals surface area (Å²) in [7, 11) is 0. The third kappa shape index (κ3) is 2.03. The van der Waals surface area contributed by atoms with Crippen molar-refractivity contribution in [1.29, 1.82) is 0 Å². The summed E-state index contributed by atoms with van der Waals surface area (Å²) in [6.45, 7) is 7.40. The molecular weight excluding hydrogens is 138 g/mol. The molecule has 0 saturated carbocycles. The fourth-order valence-electron chi connectivity index (χ4n) is 1.12. The van der Waals surface area contributed by atoms with Crippen LogP contribution in [0.5, 0.6) is 0 Å². The fourth-order valence-corrected chi connectivity index (χ4v) is 1.12. The van der Waals surface area contributed by atoms with Gasteiger partial charge in [-0.3, -0.25) is 0 Å². The number of aromatic nitrogens is 3. The molecule has 0 N–H and O–H groups in total. The van der Waals surface area contributed by atoms with Gasteiger partial charge in [-0.1, -0.05) is 19.1 Å². The quantitative estimate of drug-likeness (QED) is 0.658. The molecule has 1 aromatic rings. The first kappa shape index (κ1) is 8.24. The van der Waals surface area contributed by atoms with Crippen molar-refractivity contribution < 1.29 is 0 Å². The molecule has 3 nitrogen and oxygen atoms in total. The normalized spacial score (nSPS) is 10.9. The molecule has 0 spiro atoms. The van der Waals surface area contributed by atoms with Crippen molar-refractivity contribution >= 4 is 0 Å². The van der Waals surface area contributed by atoms with Gasteiger partial charge in [0.05, 0.1) is 11.9 Å². The molecule has 62 valence electrons. The fraction of sp³-hybridized carbons (Fsp3) is 0.750. The molecule has 0 aliphatic carbocycles. The topological polar surface area (TPSA) is 30.7 Å². The molecule has 11 heavy (non-hydrogen) atoms. The van der Waals surface area contributed by atoms with Crippen LogP contribution in [0.4, 0.5) is 0 Å². The minimum absolute atomic E-state index is 0.679. The highest BCUT2D eigenvalue weighted by Gasteiger charge is 2.03. The predicted molar refractivity (Wildman–Crippen MR) is 44.2 cm³/mol. The average molecular weight is 153 g/mol. The SMILES string of the molecule is CCn1nncc1CC(C)C. The second kappa shape index (κ2) is 3.51. The largest absolute Gasteiger partial charge is 0.250 e. The van der Waals surface area contributed by atoms with E-state index in [0.29, 0.717) is 5.92 Å². The van der Waals surface area contributed by atoms with E-state index in [4.69, 9.17) is 0 Å². The van der Waals surface area contributed by atoms with Crippen LogP contribution in [0, 0.1) is 5.92 Å². The van der Waals surface area contributed by atoms with Gasteiger partial charge in [0.2, 0.25) is 0 Å². The Balaban J connectivity index is 2.68. The van der Waals surface area contributed by atoms with E-state index in [2.05, 4.69) is 31.1 Å². The minimum Gasteiger partial charge on any atom is -0.250 e. The van der Waals surface area contributed by atoms with Crippen LogP contribution in [-0.4, -0.2) is 15.0 Å². The smallest absolute Gasteiger partial charge is 0.0725 e. The van der Waals surface area contributed by atoms with Gasteiger partial charge in [0.1, 0.15) is 0 Å². The molecule has 0 saturated heterocycles. The Morgan fingerprint density at radius 1 is 1.55 bits per heavy atom. The molecule has 0 bridgehead atoms. The predicted octanol–water partition coefficient (Wildman–Crippen LogP) is 1.50. The first-order valence-electron chi connectivity index (χ1n) is 4.11. The number of aryl methyl sites for hydroxylation is 1. The van der Waals surface area contributed by atoms with E-state index in [1.807, 2.05) is 10.9 Å². The van der Waals surface area contributed by atoms with Gasteiger partial charge >= 0.3 is 0 Å². The molecular formula is C8H15N3. The number of hydrogen-bond donors (Lipinski definition) is 0. The standard InChI is InChI=1S/C8H15N3/c1-4-11-8(5-7(2)3)6-9-10-11/h6-7H,4-5H2,1-3H3. The van der Waals surface area contributed by atoms with Gasteiger partial charge in [-0.2, -0.15) is 0 Å². The lowest BCUT2D eigenvalue weighted by molar-refractivity contribution is 0.553. The molecule has 0 amide bonds. The van der Waals surface area contributed by atoms with Crippen molar-refractivity contribution in [2.45, 2.75) is 33.7 Å². The summed E-state index contributed by atoms with van der Waals surface area (Å²) >= 11 is 0. The van der Waals surface area contributed by atoms with Gasteiger partial charge < -0.3 is 0 Å². The molecule has 3 heteroatoms. The molecule has 0 unspecified atom stereocenters. The Morgan fingerprint density at radius 2 is 2.27 bits per heavy atom. The molecule has 0 fully saturated rings. The summed E-state index contributed by atoms with van der Waals surface area (Å²) in [5, 5.41) is 7.81. The zero-order chi connectivity index (χ0) is 8.27. The van der Waals surface area contributed by atoms with E-state index in [1.165, 1.54) is 5.69 Å². The Hall–Kier alpha value is -0.860. The summed E-state index contributed by atoms with van der Waals surface area (Å²) in [6.07, 6.45) is 2.92. The second-order valence-electron chi connectivity index (χ2n) is 3.14. The second-order valence-corrected chi connectivity index (χ2v) is 3.14. The third-order valence-electron chi connectivity index (χ3n) is 1.61. The number of nitrogens with zero attached hydrogens (tertiary/aromatic N) is 3. The maximum absolute atomic E-state index is 3.95. The summed E-state index contributed by atoms with van der Waals surface area (Å²) < 4.78 is 1.94. The van der Waals surface area contributed by atoms with Crippen LogP contribution in [0.15, 0.2) is 6.20 Å². The van der Waals surface area contributed by atoms with Crippen molar-refractivity contribution in [1.82, 2.24) is 15.0 Å². The van der Waals surface area contributed by atoms with Gasteiger partial charge in [0.25, 0.3) is 0 Å². The zero-order valence-electron chi connectivity index (χ0n) is 7.41. The molecule has 0 radical (unpaired) electrons. The van der Waals surface area contributed by atoms with Crippen molar-refractivity contribution in [3.8, 4) is 0 Å². The van der Waals surface area contributed by atoms with Crippen LogP contribution < -0.4 is 0 Å². The molecule has 0 atom stereocenters. The first-order chi connectivity index (χ1) is 5.24. The highest BCUT2D eigenvalue weighted by atomic mass is 15.4. The average Bonchev–Trinajstić information content (AvgIpc) is 2.34. The summed E-state index contributed by atoms with van der Waals surface area (Å²) in [4.78, 5) is 0. The maximum atomic E-state index is 3.95. The van der Waals surface area contributed by atoms with Crippen molar-refractivity contribution in [3.63, 3.8) is 0 Å². The van der Waals surface area contributed by atoms with Crippen molar-refractivity contribution in [3.05, 3.63) is 11.9 Å². The molecule has 1 aromatic heterocycles. The van der Waals surface area contributed by atoms with E-state index >= 15 is 0 Å². The monoisotopic (exact) mass is 153 g/mol. The van der Waals surface area contributed by atoms with Crippen molar-refractivity contribution in [2.75, 3.05) is 0 Å². The van der Waals surface area contributed by atoms with Crippen LogP contribution in [0.3, 0.4) is 0 Å². The molecule has 0 aliphatic heterocycles. The maximum Gasteiger partial charge on any atom is 0.0725 e. The minimum atomic E-state index is 0.679. The third-order valence-corrected chi connectivity index (χ3v) is 1.61. The van der Waals surface area contributed by atoms with Crippen molar-refractivity contribution in [2.24, 2.45) is 5.92 Å². The molecule has 0 aliphatic rings. The summed E-state index contributed by atoms with van der Waals surface area (Å²) in [6, 6.07) is 0. The van der Waals surface area contributed by atoms with Crippen LogP contribution in [0.1, 0.15) is 26.5 Å². The van der Waals surface area contributed by atoms with Crippen LogP contribution in [0.25, 0.3) is 0 Å². The number of hydrogen-bond acceptors (Lipinski definition) is 2. The van der Waals surface area contributed by atoms with E-state index in [9.17, 15) is 0 Å². The Labute approximate surface area is 67.4 Å². The van der Waals surface area contributed by atoms with Gasteiger partial charge in [-0.15, -0.1) is 5.10 Å². The Bertz CT molecular complexity index is 215. The summed E-state index contributed by atoms with van der Waals surface area (Å²) in [5.41, 5.74) is 1.24. The number of rotatable bonds is 3. The van der Waals surface area contributed by atoms with Crippen LogP contribution in [0.2, 0.25) is 0 Å². The van der Waals surface area contributed by atoms with Gasteiger partial charge in [0.15, 0.2) is 0 Å². The first-order valence-corrected chi connectivity index (χ1v) is 4.11. The lowest BCUT2D eigenvalue weighted by atomic mass is 10.1. The van der Waals surface area contributed by atoms with E-state index in [1.54, 1.807) is 0 Å². The van der Waals surface area contributed by atoms with E-state index in [0.717, 1.165) is 13.0 Å². The summed E-state index contributed by atoms with van der Waals surface area (Å²) in [5.74, 6) is 0.679. The van der Waals surface area contributed by atoms with Gasteiger partial charge in [0, 0.05) is 6.54 Å².